The number of ether oxygens (including phenoxy) is 2. The summed E-state index contributed by atoms with van der Waals surface area (Å²) < 4.78 is 11.5. The fraction of sp³-hybridized carbons (Fsp3) is 0.368. The van der Waals surface area contributed by atoms with Crippen LogP contribution in [0.25, 0.3) is 0 Å². The van der Waals surface area contributed by atoms with Crippen molar-refractivity contribution in [2.24, 2.45) is 0 Å². The second-order valence-electron chi connectivity index (χ2n) is 6.00. The Balaban J connectivity index is 1.58. The molecule has 0 saturated carbocycles. The van der Waals surface area contributed by atoms with Crippen molar-refractivity contribution in [2.45, 2.75) is 31.7 Å². The third kappa shape index (κ3) is 2.63. The molecule has 2 aliphatic rings. The topological polar surface area (TPSA) is 30.5 Å². The fourth-order valence-corrected chi connectivity index (χ4v) is 3.36. The Morgan fingerprint density at radius 1 is 0.909 bits per heavy atom. The van der Waals surface area contributed by atoms with E-state index in [9.17, 15) is 0 Å². The van der Waals surface area contributed by atoms with E-state index in [1.54, 1.807) is 0 Å². The number of anilines is 1. The number of nitrogens with one attached hydrogen (secondary N) is 1. The quantitative estimate of drug-likeness (QED) is 0.894. The van der Waals surface area contributed by atoms with Gasteiger partial charge in [-0.25, -0.2) is 0 Å². The molecule has 1 aliphatic heterocycles. The molecule has 0 radical (unpaired) electrons. The Kier molecular flexibility index (Phi) is 3.63. The minimum atomic E-state index is 0.384. The first-order valence-electron chi connectivity index (χ1n) is 8.14. The molecule has 0 aromatic heterocycles. The van der Waals surface area contributed by atoms with Gasteiger partial charge in [0.2, 0.25) is 0 Å². The number of fused-ring (bicyclic) bond motifs is 2. The van der Waals surface area contributed by atoms with Crippen LogP contribution in [0.2, 0.25) is 0 Å². The van der Waals surface area contributed by atoms with Crippen molar-refractivity contribution in [3.05, 3.63) is 53.6 Å². The zero-order valence-electron chi connectivity index (χ0n) is 12.7. The van der Waals surface area contributed by atoms with Gasteiger partial charge in [-0.2, -0.15) is 0 Å². The first kappa shape index (κ1) is 13.5. The van der Waals surface area contributed by atoms with E-state index in [-0.39, 0.29) is 0 Å². The Bertz CT molecular complexity index is 668. The normalized spacial score (nSPS) is 19.9. The SMILES string of the molecule is c1ccc2c(c1)CCCC2Nc1ccc2c(c1)OCCCO2. The number of benzene rings is 2. The summed E-state index contributed by atoms with van der Waals surface area (Å²) in [5.41, 5.74) is 4.01. The number of rotatable bonds is 2. The molecule has 2 aromatic rings. The second-order valence-corrected chi connectivity index (χ2v) is 6.00. The van der Waals surface area contributed by atoms with Gasteiger partial charge in [0.25, 0.3) is 0 Å². The molecule has 3 heteroatoms. The molecular formula is C19H21NO2. The summed E-state index contributed by atoms with van der Waals surface area (Å²) in [4.78, 5) is 0. The summed E-state index contributed by atoms with van der Waals surface area (Å²) in [5.74, 6) is 1.71. The molecule has 4 rings (SSSR count). The Labute approximate surface area is 131 Å². The summed E-state index contributed by atoms with van der Waals surface area (Å²) in [5, 5.41) is 3.67. The molecule has 1 aliphatic carbocycles. The molecule has 1 atom stereocenters. The van der Waals surface area contributed by atoms with Gasteiger partial charge in [-0.3, -0.25) is 0 Å². The van der Waals surface area contributed by atoms with E-state index in [0.717, 1.165) is 36.8 Å². The molecule has 114 valence electrons. The third-order valence-corrected chi connectivity index (χ3v) is 4.46. The molecule has 2 aromatic carbocycles. The molecule has 1 N–H and O–H groups in total. The van der Waals surface area contributed by atoms with Crippen molar-refractivity contribution in [1.29, 1.82) is 0 Å². The molecule has 0 saturated heterocycles. The van der Waals surface area contributed by atoms with Crippen molar-refractivity contribution in [2.75, 3.05) is 18.5 Å². The van der Waals surface area contributed by atoms with Crippen LogP contribution in [0.5, 0.6) is 11.5 Å². The van der Waals surface area contributed by atoms with Crippen LogP contribution >= 0.6 is 0 Å². The van der Waals surface area contributed by atoms with Gasteiger partial charge in [0.15, 0.2) is 11.5 Å². The van der Waals surface area contributed by atoms with E-state index < -0.39 is 0 Å². The maximum Gasteiger partial charge on any atom is 0.163 e. The highest BCUT2D eigenvalue weighted by molar-refractivity contribution is 5.56. The van der Waals surface area contributed by atoms with Crippen molar-refractivity contribution in [3.63, 3.8) is 0 Å². The highest BCUT2D eigenvalue weighted by atomic mass is 16.5. The van der Waals surface area contributed by atoms with Crippen molar-refractivity contribution < 1.29 is 9.47 Å². The van der Waals surface area contributed by atoms with E-state index in [4.69, 9.17) is 9.47 Å². The maximum atomic E-state index is 5.78. The number of hydrogen-bond acceptors (Lipinski definition) is 3. The summed E-state index contributed by atoms with van der Waals surface area (Å²) in [7, 11) is 0. The van der Waals surface area contributed by atoms with Gasteiger partial charge in [0.1, 0.15) is 0 Å². The number of hydrogen-bond donors (Lipinski definition) is 1. The predicted molar refractivity (Wildman–Crippen MR) is 87.8 cm³/mol. The fourth-order valence-electron chi connectivity index (χ4n) is 3.36. The zero-order valence-corrected chi connectivity index (χ0v) is 12.7. The first-order chi connectivity index (χ1) is 10.9. The van der Waals surface area contributed by atoms with Crippen LogP contribution in [0.15, 0.2) is 42.5 Å². The minimum Gasteiger partial charge on any atom is -0.490 e. The van der Waals surface area contributed by atoms with Crippen LogP contribution in [-0.2, 0) is 6.42 Å². The van der Waals surface area contributed by atoms with Crippen LogP contribution in [-0.4, -0.2) is 13.2 Å². The lowest BCUT2D eigenvalue weighted by Gasteiger charge is -2.27. The molecule has 3 nitrogen and oxygen atoms in total. The molecule has 0 fully saturated rings. The van der Waals surface area contributed by atoms with Crippen LogP contribution in [0.4, 0.5) is 5.69 Å². The van der Waals surface area contributed by atoms with Crippen LogP contribution in [0, 0.1) is 0 Å². The molecule has 1 unspecified atom stereocenters. The largest absolute Gasteiger partial charge is 0.490 e. The molecule has 1 heterocycles. The van der Waals surface area contributed by atoms with Crippen molar-refractivity contribution in [3.8, 4) is 11.5 Å². The lowest BCUT2D eigenvalue weighted by molar-refractivity contribution is 0.297. The van der Waals surface area contributed by atoms with Gasteiger partial charge in [0, 0.05) is 18.2 Å². The highest BCUT2D eigenvalue weighted by Gasteiger charge is 2.20. The Hall–Kier alpha value is -2.16. The van der Waals surface area contributed by atoms with Crippen molar-refractivity contribution in [1.82, 2.24) is 0 Å². The average Bonchev–Trinajstić information content (AvgIpc) is 2.80. The minimum absolute atomic E-state index is 0.384. The van der Waals surface area contributed by atoms with Gasteiger partial charge in [-0.05, 0) is 42.5 Å². The second kappa shape index (κ2) is 5.91. The van der Waals surface area contributed by atoms with Crippen molar-refractivity contribution >= 4 is 5.69 Å². The summed E-state index contributed by atoms with van der Waals surface area (Å²) in [6.45, 7) is 1.46. The monoisotopic (exact) mass is 295 g/mol. The van der Waals surface area contributed by atoms with E-state index in [1.807, 2.05) is 6.07 Å². The van der Waals surface area contributed by atoms with E-state index >= 15 is 0 Å². The summed E-state index contributed by atoms with van der Waals surface area (Å²) >= 11 is 0. The van der Waals surface area contributed by atoms with Gasteiger partial charge in [-0.15, -0.1) is 0 Å². The van der Waals surface area contributed by atoms with Crippen LogP contribution in [0.3, 0.4) is 0 Å². The maximum absolute atomic E-state index is 5.78. The molecule has 22 heavy (non-hydrogen) atoms. The van der Waals surface area contributed by atoms with Gasteiger partial charge in [0.05, 0.1) is 19.3 Å². The van der Waals surface area contributed by atoms with Gasteiger partial charge in [-0.1, -0.05) is 24.3 Å². The average molecular weight is 295 g/mol. The summed E-state index contributed by atoms with van der Waals surface area (Å²) in [6, 6.07) is 15.3. The van der Waals surface area contributed by atoms with Crippen LogP contribution in [0.1, 0.15) is 36.4 Å². The lowest BCUT2D eigenvalue weighted by Crippen LogP contribution is -2.17. The first-order valence-corrected chi connectivity index (χ1v) is 8.14. The lowest BCUT2D eigenvalue weighted by atomic mass is 9.87. The van der Waals surface area contributed by atoms with E-state index in [1.165, 1.54) is 30.4 Å². The zero-order chi connectivity index (χ0) is 14.8. The predicted octanol–water partition coefficient (Wildman–Crippen LogP) is 4.34. The Morgan fingerprint density at radius 2 is 1.77 bits per heavy atom. The third-order valence-electron chi connectivity index (χ3n) is 4.46. The molecule has 0 amide bonds. The van der Waals surface area contributed by atoms with Gasteiger partial charge < -0.3 is 14.8 Å². The highest BCUT2D eigenvalue weighted by Crippen LogP contribution is 2.36. The van der Waals surface area contributed by atoms with Gasteiger partial charge >= 0.3 is 0 Å². The van der Waals surface area contributed by atoms with E-state index in [0.29, 0.717) is 6.04 Å². The summed E-state index contributed by atoms with van der Waals surface area (Å²) in [6.07, 6.45) is 4.54. The Morgan fingerprint density at radius 3 is 2.73 bits per heavy atom. The standard InChI is InChI=1S/C19H21NO2/c1-2-7-16-14(5-1)6-3-8-17(16)20-15-9-10-18-19(13-15)22-12-4-11-21-18/h1-2,5,7,9-10,13,17,20H,3-4,6,8,11-12H2. The number of aryl methyl sites for hydroxylation is 1. The van der Waals surface area contributed by atoms with E-state index in [2.05, 4.69) is 41.7 Å². The molecule has 0 spiro atoms. The molecular weight excluding hydrogens is 274 g/mol. The smallest absolute Gasteiger partial charge is 0.163 e. The molecule has 0 bridgehead atoms. The van der Waals surface area contributed by atoms with Crippen LogP contribution < -0.4 is 14.8 Å².